The van der Waals surface area contributed by atoms with Gasteiger partial charge in [0.25, 0.3) is 0 Å². The summed E-state index contributed by atoms with van der Waals surface area (Å²) in [5, 5.41) is 12.1. The van der Waals surface area contributed by atoms with Gasteiger partial charge in [-0.3, -0.25) is 4.79 Å². The molecule has 0 amide bonds. The molecule has 1 saturated heterocycles. The van der Waals surface area contributed by atoms with Crippen LogP contribution in [-0.4, -0.2) is 35.5 Å². The van der Waals surface area contributed by atoms with Crippen molar-refractivity contribution in [2.24, 2.45) is 29.1 Å². The summed E-state index contributed by atoms with van der Waals surface area (Å²) in [6.45, 7) is 7.77. The summed E-state index contributed by atoms with van der Waals surface area (Å²) in [4.78, 5) is 13.1. The van der Waals surface area contributed by atoms with Crippen LogP contribution in [0.5, 0.6) is 0 Å². The molecule has 1 aromatic carbocycles. The van der Waals surface area contributed by atoms with Gasteiger partial charge in [-0.1, -0.05) is 38.0 Å². The predicted molar refractivity (Wildman–Crippen MR) is 144 cm³/mol. The van der Waals surface area contributed by atoms with Gasteiger partial charge in [-0.25, -0.2) is 0 Å². The number of ketones is 1. The van der Waals surface area contributed by atoms with Crippen molar-refractivity contribution in [2.45, 2.75) is 89.4 Å². The molecule has 0 bridgehead atoms. The Morgan fingerprint density at radius 2 is 1.89 bits per heavy atom. The van der Waals surface area contributed by atoms with Crippen molar-refractivity contribution in [1.29, 1.82) is 0 Å². The van der Waals surface area contributed by atoms with Gasteiger partial charge in [-0.2, -0.15) is 0 Å². The number of halogens is 1. The summed E-state index contributed by atoms with van der Waals surface area (Å²) < 4.78 is 13.4. The number of hydrogen-bond acceptors (Lipinski definition) is 4. The number of ether oxygens (including phenoxy) is 2. The maximum absolute atomic E-state index is 13.1. The lowest BCUT2D eigenvalue weighted by molar-refractivity contribution is -0.208. The molecule has 0 radical (unpaired) electrons. The molecule has 7 atom stereocenters. The second-order valence-electron chi connectivity index (χ2n) is 12.3. The number of Topliss-reactive ketones (excluding diaryl/α,β-unsaturated/α-hetero) is 1. The van der Waals surface area contributed by atoms with Crippen LogP contribution in [0.25, 0.3) is 0 Å². The average Bonchev–Trinajstić information content (AvgIpc) is 3.39. The second-order valence-corrected chi connectivity index (χ2v) is 13.6. The summed E-state index contributed by atoms with van der Waals surface area (Å²) in [7, 11) is 0. The van der Waals surface area contributed by atoms with Gasteiger partial charge in [0.2, 0.25) is 0 Å². The zero-order valence-electron chi connectivity index (χ0n) is 21.3. The van der Waals surface area contributed by atoms with Crippen LogP contribution < -0.4 is 0 Å². The van der Waals surface area contributed by atoms with E-state index in [9.17, 15) is 9.90 Å². The van der Waals surface area contributed by atoms with Gasteiger partial charge >= 0.3 is 0 Å². The highest BCUT2D eigenvalue weighted by Crippen LogP contribution is 2.68. The summed E-state index contributed by atoms with van der Waals surface area (Å²) in [6, 6.07) is 9.00. The SMILES string of the molecule is CC[C@@H]1C[C@H]2[C@@H]3CC[C@@]4(O)CC5(CCC4=C3[C@@H](c3ccc(I)cc3)C[C@]2(C)[C@H]1C(C)=O)OCCO5. The molecule has 1 aliphatic heterocycles. The summed E-state index contributed by atoms with van der Waals surface area (Å²) in [5.74, 6) is 1.62. The monoisotopic (exact) mass is 590 g/mol. The third-order valence-electron chi connectivity index (χ3n) is 10.6. The number of aliphatic hydroxyl groups is 1. The minimum absolute atomic E-state index is 0.0118. The molecule has 35 heavy (non-hydrogen) atoms. The van der Waals surface area contributed by atoms with E-state index >= 15 is 0 Å². The highest BCUT2D eigenvalue weighted by Gasteiger charge is 2.63. The van der Waals surface area contributed by atoms with Gasteiger partial charge in [0.05, 0.1) is 18.8 Å². The fourth-order valence-electron chi connectivity index (χ4n) is 9.39. The largest absolute Gasteiger partial charge is 0.385 e. The van der Waals surface area contributed by atoms with Crippen molar-refractivity contribution in [1.82, 2.24) is 0 Å². The van der Waals surface area contributed by atoms with Crippen LogP contribution >= 0.6 is 22.6 Å². The van der Waals surface area contributed by atoms with E-state index in [-0.39, 0.29) is 17.3 Å². The molecule has 0 unspecified atom stereocenters. The first kappa shape index (κ1) is 24.6. The Balaban J connectivity index is 1.49. The van der Waals surface area contributed by atoms with Crippen LogP contribution in [0.15, 0.2) is 35.4 Å². The number of rotatable bonds is 3. The highest BCUT2D eigenvalue weighted by molar-refractivity contribution is 14.1. The van der Waals surface area contributed by atoms with Crippen molar-refractivity contribution in [3.8, 4) is 0 Å². The molecule has 1 aromatic rings. The summed E-state index contributed by atoms with van der Waals surface area (Å²) >= 11 is 2.38. The number of allylic oxidation sites excluding steroid dienone is 1. The Labute approximate surface area is 223 Å². The number of carbonyl (C=O) groups excluding carboxylic acids is 1. The molecule has 1 N–H and O–H groups in total. The molecule has 6 rings (SSSR count). The van der Waals surface area contributed by atoms with Crippen molar-refractivity contribution in [2.75, 3.05) is 13.2 Å². The Bertz CT molecular complexity index is 1040. The second kappa shape index (κ2) is 8.64. The Kier molecular flexibility index (Phi) is 6.06. The van der Waals surface area contributed by atoms with E-state index in [1.54, 1.807) is 0 Å². The molecule has 0 aromatic heterocycles. The molecule has 4 aliphatic carbocycles. The van der Waals surface area contributed by atoms with Crippen LogP contribution in [0.1, 0.15) is 83.6 Å². The first-order valence-corrected chi connectivity index (χ1v) is 14.8. The molecule has 5 heteroatoms. The lowest BCUT2D eigenvalue weighted by atomic mass is 9.50. The van der Waals surface area contributed by atoms with Crippen LogP contribution in [0.3, 0.4) is 0 Å². The van der Waals surface area contributed by atoms with E-state index in [2.05, 4.69) is 60.7 Å². The van der Waals surface area contributed by atoms with Gasteiger partial charge in [-0.05, 0) is 108 Å². The molecule has 190 valence electrons. The zero-order valence-corrected chi connectivity index (χ0v) is 23.5. The standard InChI is InChI=1S/C30H39IO4/c1-4-19-15-25-22-9-11-29(33)17-30(34-13-14-35-30)12-10-24(29)26(22)23(20-5-7-21(31)8-6-20)16-28(25,3)27(19)18(2)32/h5-8,19,22-23,25,27,33H,4,9-17H2,1-3H3/t19-,22+,23-,25+,27+,28+,29-/m1/s1. The van der Waals surface area contributed by atoms with E-state index in [0.29, 0.717) is 43.2 Å². The van der Waals surface area contributed by atoms with Crippen LogP contribution in [0.2, 0.25) is 0 Å². The average molecular weight is 591 g/mol. The van der Waals surface area contributed by atoms with Gasteiger partial charge in [0, 0.05) is 28.2 Å². The smallest absolute Gasteiger partial charge is 0.171 e. The van der Waals surface area contributed by atoms with Crippen molar-refractivity contribution in [3.05, 3.63) is 44.5 Å². The zero-order chi connectivity index (χ0) is 24.6. The number of benzene rings is 1. The number of fused-ring (bicyclic) bond motifs is 4. The molecule has 1 spiro atoms. The minimum Gasteiger partial charge on any atom is -0.385 e. The normalized spacial score (nSPS) is 42.0. The molecule has 3 saturated carbocycles. The molecular weight excluding hydrogens is 551 g/mol. The molecular formula is C30H39IO4. The Morgan fingerprint density at radius 3 is 2.54 bits per heavy atom. The van der Waals surface area contributed by atoms with Crippen LogP contribution in [-0.2, 0) is 14.3 Å². The fourth-order valence-corrected chi connectivity index (χ4v) is 9.75. The van der Waals surface area contributed by atoms with Gasteiger partial charge in [0.15, 0.2) is 5.79 Å². The maximum atomic E-state index is 13.1. The Morgan fingerprint density at radius 1 is 1.17 bits per heavy atom. The van der Waals surface area contributed by atoms with Gasteiger partial charge in [-0.15, -0.1) is 0 Å². The van der Waals surface area contributed by atoms with E-state index in [1.165, 1.54) is 20.3 Å². The number of hydrogen-bond donors (Lipinski definition) is 1. The molecule has 1 heterocycles. The summed E-state index contributed by atoms with van der Waals surface area (Å²) in [6.07, 6.45) is 7.22. The van der Waals surface area contributed by atoms with Crippen molar-refractivity contribution in [3.63, 3.8) is 0 Å². The predicted octanol–water partition coefficient (Wildman–Crippen LogP) is 6.40. The van der Waals surface area contributed by atoms with Crippen LogP contribution in [0.4, 0.5) is 0 Å². The van der Waals surface area contributed by atoms with E-state index in [4.69, 9.17) is 9.47 Å². The minimum atomic E-state index is -0.841. The molecule has 4 nitrogen and oxygen atoms in total. The molecule has 5 aliphatic rings. The number of carbonyl (C=O) groups is 1. The van der Waals surface area contributed by atoms with E-state index in [1.807, 2.05) is 6.92 Å². The maximum Gasteiger partial charge on any atom is 0.171 e. The van der Waals surface area contributed by atoms with Crippen molar-refractivity contribution >= 4 is 28.4 Å². The quantitative estimate of drug-likeness (QED) is 0.327. The first-order valence-electron chi connectivity index (χ1n) is 13.7. The van der Waals surface area contributed by atoms with E-state index in [0.717, 1.165) is 44.9 Å². The fraction of sp³-hybridized carbons (Fsp3) is 0.700. The Hall–Kier alpha value is -0.760. The highest BCUT2D eigenvalue weighted by atomic mass is 127. The molecule has 4 fully saturated rings. The lowest BCUT2D eigenvalue weighted by Gasteiger charge is -2.56. The third-order valence-corrected chi connectivity index (χ3v) is 11.4. The first-order chi connectivity index (χ1) is 16.7. The van der Waals surface area contributed by atoms with Gasteiger partial charge in [0.1, 0.15) is 5.78 Å². The van der Waals surface area contributed by atoms with Crippen LogP contribution in [0, 0.1) is 32.7 Å². The third kappa shape index (κ3) is 3.73. The van der Waals surface area contributed by atoms with Crippen molar-refractivity contribution < 1.29 is 19.4 Å². The van der Waals surface area contributed by atoms with Gasteiger partial charge < -0.3 is 14.6 Å². The lowest BCUT2D eigenvalue weighted by Crippen LogP contribution is -2.53. The topological polar surface area (TPSA) is 55.8 Å². The van der Waals surface area contributed by atoms with E-state index < -0.39 is 11.4 Å². The summed E-state index contributed by atoms with van der Waals surface area (Å²) in [5.41, 5.74) is 3.31.